The van der Waals surface area contributed by atoms with Crippen molar-refractivity contribution in [2.24, 2.45) is 5.92 Å². The molecule has 3 rings (SSSR count). The highest BCUT2D eigenvalue weighted by atomic mass is 16.5. The molecule has 24 heavy (non-hydrogen) atoms. The lowest BCUT2D eigenvalue weighted by Gasteiger charge is -2.30. The molecular weight excluding hydrogens is 302 g/mol. The number of rotatable bonds is 4. The minimum atomic E-state index is -0.0709. The van der Waals surface area contributed by atoms with Crippen LogP contribution in [0.3, 0.4) is 0 Å². The molecule has 1 aliphatic rings. The Morgan fingerprint density at radius 1 is 1.25 bits per heavy atom. The minimum absolute atomic E-state index is 0.0709. The summed E-state index contributed by atoms with van der Waals surface area (Å²) in [6.07, 6.45) is 4.46. The standard InChI is InChI=1S/C19H23N3O2/c1-13-7-8-20-12-18(13)22-19(23)16-9-15(10-21-11-16)14-3-5-17(24-2)6-4-14/h3-6,9-11,13,18,20H,7-8,12H2,1-2H3,(H,22,23). The van der Waals surface area contributed by atoms with Gasteiger partial charge in [-0.1, -0.05) is 19.1 Å². The fourth-order valence-corrected chi connectivity index (χ4v) is 2.94. The first-order valence-electron chi connectivity index (χ1n) is 8.28. The first-order chi connectivity index (χ1) is 11.7. The molecule has 1 saturated heterocycles. The highest BCUT2D eigenvalue weighted by Gasteiger charge is 2.23. The van der Waals surface area contributed by atoms with E-state index in [0.717, 1.165) is 36.4 Å². The van der Waals surface area contributed by atoms with Crippen LogP contribution >= 0.6 is 0 Å². The van der Waals surface area contributed by atoms with Crippen molar-refractivity contribution in [2.45, 2.75) is 19.4 Å². The number of hydrogen-bond acceptors (Lipinski definition) is 4. The van der Waals surface area contributed by atoms with Crippen LogP contribution in [0.5, 0.6) is 5.75 Å². The summed E-state index contributed by atoms with van der Waals surface area (Å²) in [5.74, 6) is 1.21. The molecule has 5 heteroatoms. The average Bonchev–Trinajstić information content (AvgIpc) is 2.64. The molecule has 0 spiro atoms. The molecule has 0 saturated carbocycles. The van der Waals surface area contributed by atoms with Crippen molar-refractivity contribution in [1.82, 2.24) is 15.6 Å². The van der Waals surface area contributed by atoms with Crippen LogP contribution in [0, 0.1) is 5.92 Å². The van der Waals surface area contributed by atoms with E-state index in [4.69, 9.17) is 4.74 Å². The molecule has 1 aliphatic heterocycles. The van der Waals surface area contributed by atoms with Crippen LogP contribution in [0.25, 0.3) is 11.1 Å². The lowest BCUT2D eigenvalue weighted by atomic mass is 9.94. The number of pyridine rings is 1. The van der Waals surface area contributed by atoms with Crippen LogP contribution in [0.2, 0.25) is 0 Å². The number of aromatic nitrogens is 1. The number of nitrogens with one attached hydrogen (secondary N) is 2. The van der Waals surface area contributed by atoms with Gasteiger partial charge in [-0.05, 0) is 42.6 Å². The molecule has 2 heterocycles. The molecule has 0 aliphatic carbocycles. The fraction of sp³-hybridized carbons (Fsp3) is 0.368. The van der Waals surface area contributed by atoms with E-state index in [1.54, 1.807) is 19.5 Å². The van der Waals surface area contributed by atoms with Gasteiger partial charge in [-0.25, -0.2) is 0 Å². The molecule has 126 valence electrons. The number of amides is 1. The summed E-state index contributed by atoms with van der Waals surface area (Å²) in [6.45, 7) is 4.01. The summed E-state index contributed by atoms with van der Waals surface area (Å²) >= 11 is 0. The van der Waals surface area contributed by atoms with Crippen LogP contribution in [0.4, 0.5) is 0 Å². The number of methoxy groups -OCH3 is 1. The predicted molar refractivity (Wildman–Crippen MR) is 94.1 cm³/mol. The topological polar surface area (TPSA) is 63.2 Å². The van der Waals surface area contributed by atoms with Crippen molar-refractivity contribution >= 4 is 5.91 Å². The van der Waals surface area contributed by atoms with E-state index < -0.39 is 0 Å². The Balaban J connectivity index is 1.75. The maximum atomic E-state index is 12.5. The molecular formula is C19H23N3O2. The second kappa shape index (κ2) is 7.45. The van der Waals surface area contributed by atoms with Crippen molar-refractivity contribution < 1.29 is 9.53 Å². The summed E-state index contributed by atoms with van der Waals surface area (Å²) in [5.41, 5.74) is 2.51. The van der Waals surface area contributed by atoms with Gasteiger partial charge in [0, 0.05) is 30.5 Å². The second-order valence-electron chi connectivity index (χ2n) is 6.24. The van der Waals surface area contributed by atoms with E-state index in [9.17, 15) is 4.79 Å². The van der Waals surface area contributed by atoms with Crippen molar-refractivity contribution in [2.75, 3.05) is 20.2 Å². The lowest BCUT2D eigenvalue weighted by Crippen LogP contribution is -2.50. The Bertz CT molecular complexity index is 700. The van der Waals surface area contributed by atoms with Crippen LogP contribution < -0.4 is 15.4 Å². The number of carbonyl (C=O) groups is 1. The molecule has 2 unspecified atom stereocenters. The quantitative estimate of drug-likeness (QED) is 0.906. The molecule has 2 atom stereocenters. The molecule has 5 nitrogen and oxygen atoms in total. The third-order valence-electron chi connectivity index (χ3n) is 4.57. The normalized spacial score (nSPS) is 20.4. The van der Waals surface area contributed by atoms with E-state index in [-0.39, 0.29) is 11.9 Å². The molecule has 1 aromatic heterocycles. The van der Waals surface area contributed by atoms with E-state index in [1.165, 1.54) is 0 Å². The largest absolute Gasteiger partial charge is 0.497 e. The first kappa shape index (κ1) is 16.5. The summed E-state index contributed by atoms with van der Waals surface area (Å²) in [4.78, 5) is 16.8. The summed E-state index contributed by atoms with van der Waals surface area (Å²) < 4.78 is 5.18. The van der Waals surface area contributed by atoms with Crippen molar-refractivity contribution in [3.63, 3.8) is 0 Å². The maximum Gasteiger partial charge on any atom is 0.253 e. The van der Waals surface area contributed by atoms with Gasteiger partial charge in [0.2, 0.25) is 0 Å². The highest BCUT2D eigenvalue weighted by Crippen LogP contribution is 2.22. The Hall–Kier alpha value is -2.40. The van der Waals surface area contributed by atoms with Gasteiger partial charge in [0.15, 0.2) is 0 Å². The van der Waals surface area contributed by atoms with Crippen LogP contribution in [0.15, 0.2) is 42.7 Å². The van der Waals surface area contributed by atoms with E-state index in [0.29, 0.717) is 11.5 Å². The molecule has 2 N–H and O–H groups in total. The zero-order valence-corrected chi connectivity index (χ0v) is 14.1. The van der Waals surface area contributed by atoms with E-state index in [2.05, 4.69) is 22.5 Å². The number of piperidine rings is 1. The first-order valence-corrected chi connectivity index (χ1v) is 8.28. The third-order valence-corrected chi connectivity index (χ3v) is 4.57. The van der Waals surface area contributed by atoms with E-state index >= 15 is 0 Å². The number of benzene rings is 1. The van der Waals surface area contributed by atoms with Gasteiger partial charge < -0.3 is 15.4 Å². The maximum absolute atomic E-state index is 12.5. The van der Waals surface area contributed by atoms with Gasteiger partial charge in [0.1, 0.15) is 5.75 Å². The summed E-state index contributed by atoms with van der Waals surface area (Å²) in [5, 5.41) is 6.45. The Labute approximate surface area is 142 Å². The van der Waals surface area contributed by atoms with Gasteiger partial charge in [0.25, 0.3) is 5.91 Å². The van der Waals surface area contributed by atoms with Gasteiger partial charge in [-0.15, -0.1) is 0 Å². The SMILES string of the molecule is COc1ccc(-c2cncc(C(=O)NC3CNCCC3C)c2)cc1. The Morgan fingerprint density at radius 2 is 2.04 bits per heavy atom. The van der Waals surface area contributed by atoms with Gasteiger partial charge in [-0.2, -0.15) is 0 Å². The monoisotopic (exact) mass is 325 g/mol. The number of ether oxygens (including phenoxy) is 1. The summed E-state index contributed by atoms with van der Waals surface area (Å²) in [6, 6.07) is 9.77. The third kappa shape index (κ3) is 3.74. The Kier molecular flexibility index (Phi) is 5.11. The minimum Gasteiger partial charge on any atom is -0.497 e. The molecule has 1 fully saturated rings. The smallest absolute Gasteiger partial charge is 0.253 e. The van der Waals surface area contributed by atoms with E-state index in [1.807, 2.05) is 30.3 Å². The fourth-order valence-electron chi connectivity index (χ4n) is 2.94. The summed E-state index contributed by atoms with van der Waals surface area (Å²) in [7, 11) is 1.64. The lowest BCUT2D eigenvalue weighted by molar-refractivity contribution is 0.0915. The molecule has 2 aromatic rings. The average molecular weight is 325 g/mol. The van der Waals surface area contributed by atoms with Gasteiger partial charge in [-0.3, -0.25) is 9.78 Å². The van der Waals surface area contributed by atoms with Crippen LogP contribution in [0.1, 0.15) is 23.7 Å². The highest BCUT2D eigenvalue weighted by molar-refractivity contribution is 5.95. The van der Waals surface area contributed by atoms with Gasteiger partial charge >= 0.3 is 0 Å². The molecule has 0 bridgehead atoms. The van der Waals surface area contributed by atoms with Gasteiger partial charge in [0.05, 0.1) is 12.7 Å². The molecule has 0 radical (unpaired) electrons. The molecule has 1 amide bonds. The number of carbonyl (C=O) groups excluding carboxylic acids is 1. The van der Waals surface area contributed by atoms with Crippen LogP contribution in [-0.4, -0.2) is 37.1 Å². The number of hydrogen-bond donors (Lipinski definition) is 2. The second-order valence-corrected chi connectivity index (χ2v) is 6.24. The van der Waals surface area contributed by atoms with Crippen molar-refractivity contribution in [1.29, 1.82) is 0 Å². The predicted octanol–water partition coefficient (Wildman–Crippen LogP) is 2.49. The number of nitrogens with zero attached hydrogens (tertiary/aromatic N) is 1. The Morgan fingerprint density at radius 3 is 2.75 bits per heavy atom. The van der Waals surface area contributed by atoms with Crippen molar-refractivity contribution in [3.8, 4) is 16.9 Å². The zero-order valence-electron chi connectivity index (χ0n) is 14.1. The zero-order chi connectivity index (χ0) is 16.9. The van der Waals surface area contributed by atoms with Crippen LogP contribution in [-0.2, 0) is 0 Å². The molecule has 1 aromatic carbocycles. The van der Waals surface area contributed by atoms with Crippen molar-refractivity contribution in [3.05, 3.63) is 48.3 Å².